The van der Waals surface area contributed by atoms with Gasteiger partial charge in [0.25, 0.3) is 0 Å². The summed E-state index contributed by atoms with van der Waals surface area (Å²) >= 11 is 0. The monoisotopic (exact) mass is 314 g/mol. The Balaban J connectivity index is 2.30. The quantitative estimate of drug-likeness (QED) is 0.336. The first-order chi connectivity index (χ1) is 9.93. The molecule has 1 aliphatic carbocycles. The van der Waals surface area contributed by atoms with Gasteiger partial charge in [-0.15, -0.1) is 3.89 Å². The van der Waals surface area contributed by atoms with Gasteiger partial charge in [0.1, 0.15) is 0 Å². The van der Waals surface area contributed by atoms with E-state index in [0.717, 1.165) is 12.2 Å². The highest BCUT2D eigenvalue weighted by Crippen LogP contribution is 2.18. The van der Waals surface area contributed by atoms with Crippen molar-refractivity contribution in [2.24, 2.45) is 0 Å². The second-order valence-corrected chi connectivity index (χ2v) is 5.72. The van der Waals surface area contributed by atoms with Gasteiger partial charge in [-0.3, -0.25) is 9.35 Å². The maximum absolute atomic E-state index is 12.9. The summed E-state index contributed by atoms with van der Waals surface area (Å²) in [6.45, 7) is 1.56. The minimum absolute atomic E-state index is 0.216. The maximum Gasteiger partial charge on any atom is 0.456 e. The fraction of sp³-hybridized carbons (Fsp3) is 0.333. The van der Waals surface area contributed by atoms with Crippen LogP contribution in [0.15, 0.2) is 35.6 Å². The van der Waals surface area contributed by atoms with Gasteiger partial charge in [-0.2, -0.15) is 0 Å². The Morgan fingerprint density at radius 1 is 1.33 bits per heavy atom. The van der Waals surface area contributed by atoms with E-state index in [1.807, 2.05) is 0 Å². The van der Waals surface area contributed by atoms with Crippen LogP contribution in [-0.4, -0.2) is 50.7 Å². The molecular formula is C12H13FN3O4S+. The molecule has 1 fully saturated rings. The highest BCUT2D eigenvalue weighted by molar-refractivity contribution is 7.93. The van der Waals surface area contributed by atoms with E-state index in [1.54, 1.807) is 0 Å². The van der Waals surface area contributed by atoms with Crippen molar-refractivity contribution in [3.05, 3.63) is 40.6 Å². The third kappa shape index (κ3) is 3.55. The minimum Gasteiger partial charge on any atom is -0.378 e. The van der Waals surface area contributed by atoms with Gasteiger partial charge < -0.3 is 9.64 Å². The van der Waals surface area contributed by atoms with Gasteiger partial charge in [0, 0.05) is 13.1 Å². The predicted octanol–water partition coefficient (Wildman–Crippen LogP) is 0.893. The standard InChI is InChI=1S/C12H12FN3O4S/c13-21(18,19)10-3-1-9(2-4-10)11(15-14)12(17)16-5-7-20-8-6-16/h1-4H,5-8H2/p+1. The highest BCUT2D eigenvalue weighted by Gasteiger charge is 2.32. The molecule has 1 heterocycles. The van der Waals surface area contributed by atoms with E-state index in [2.05, 4.69) is 4.98 Å². The Labute approximate surface area is 121 Å². The highest BCUT2D eigenvalue weighted by atomic mass is 32.3. The van der Waals surface area contributed by atoms with E-state index in [-0.39, 0.29) is 11.3 Å². The van der Waals surface area contributed by atoms with Crippen LogP contribution in [-0.2, 0) is 19.7 Å². The zero-order valence-electron chi connectivity index (χ0n) is 10.9. The Hall–Kier alpha value is -2.02. The molecule has 0 bridgehead atoms. The molecule has 9 heteroatoms. The van der Waals surface area contributed by atoms with Crippen molar-refractivity contribution in [1.82, 2.24) is 4.90 Å². The average Bonchev–Trinajstić information content (AvgIpc) is 2.48. The summed E-state index contributed by atoms with van der Waals surface area (Å²) in [7, 11) is -4.56. The topological polar surface area (TPSA) is 95.0 Å². The van der Waals surface area contributed by atoms with Crippen LogP contribution in [0.5, 0.6) is 0 Å². The molecule has 21 heavy (non-hydrogen) atoms. The van der Waals surface area contributed by atoms with E-state index in [9.17, 15) is 12.9 Å². The Kier molecular flexibility index (Phi) is 4.52. The summed E-state index contributed by atoms with van der Waals surface area (Å²) in [4.78, 5) is 16.2. The molecule has 1 unspecified atom stereocenters. The number of carbonyl (C=O) groups excluding carboxylic acids is 1. The van der Waals surface area contributed by atoms with Gasteiger partial charge in [0.05, 0.1) is 23.7 Å². The molecule has 1 aliphatic heterocycles. The van der Waals surface area contributed by atoms with Gasteiger partial charge in [0.2, 0.25) is 15.6 Å². The molecule has 1 atom stereocenters. The minimum atomic E-state index is -4.56. The third-order valence-corrected chi connectivity index (χ3v) is 3.87. The third-order valence-electron chi connectivity index (χ3n) is 3.02. The number of amides is 1. The van der Waals surface area contributed by atoms with E-state index in [0.29, 0.717) is 26.3 Å². The number of halogens is 1. The molecule has 0 aromatic carbocycles. The first-order valence-corrected chi connectivity index (χ1v) is 7.51. The van der Waals surface area contributed by atoms with Crippen molar-refractivity contribution < 1.29 is 22.2 Å². The van der Waals surface area contributed by atoms with Crippen LogP contribution in [0, 0.1) is 5.39 Å². The number of diazo groups is 1. The maximum atomic E-state index is 12.9. The van der Waals surface area contributed by atoms with Gasteiger partial charge in [0.15, 0.2) is 4.98 Å². The zero-order chi connectivity index (χ0) is 15.5. The second kappa shape index (κ2) is 6.17. The van der Waals surface area contributed by atoms with Crippen LogP contribution < -0.4 is 0 Å². The lowest BCUT2D eigenvalue weighted by atomic mass is 10.1. The van der Waals surface area contributed by atoms with Crippen molar-refractivity contribution in [3.8, 4) is 0 Å². The number of allylic oxidation sites excluding steroid dienone is 5. The number of nitrogens with zero attached hydrogens (tertiary/aromatic N) is 3. The van der Waals surface area contributed by atoms with E-state index < -0.39 is 21.0 Å². The molecule has 0 aromatic heterocycles. The summed E-state index contributed by atoms with van der Waals surface area (Å²) in [6.07, 6.45) is 4.63. The Morgan fingerprint density at radius 3 is 2.38 bits per heavy atom. The van der Waals surface area contributed by atoms with Crippen molar-refractivity contribution in [2.75, 3.05) is 26.3 Å². The fourth-order valence-electron chi connectivity index (χ4n) is 1.92. The number of hydrogen-bond donors (Lipinski definition) is 1. The van der Waals surface area contributed by atoms with Gasteiger partial charge in [-0.25, -0.2) is 4.21 Å². The molecule has 2 rings (SSSR count). The van der Waals surface area contributed by atoms with Crippen LogP contribution in [0.4, 0.5) is 3.89 Å². The zero-order valence-corrected chi connectivity index (χ0v) is 11.8. The van der Waals surface area contributed by atoms with Crippen LogP contribution >= 0.6 is 0 Å². The average molecular weight is 314 g/mol. The SMILES string of the molecule is N#[N+]C(C(=O)N1CCOCC1)=C1C=CC(=S(=O)(O)F)C=C1. The molecule has 0 saturated carbocycles. The summed E-state index contributed by atoms with van der Waals surface area (Å²) in [5.74, 6) is -0.487. The fourth-order valence-corrected chi connectivity index (χ4v) is 2.39. The number of hydrogen-bond acceptors (Lipinski definition) is 4. The normalized spacial score (nSPS) is 20.9. The molecule has 2 aliphatic rings. The van der Waals surface area contributed by atoms with Crippen LogP contribution in [0.3, 0.4) is 0 Å². The lowest BCUT2D eigenvalue weighted by Gasteiger charge is -2.24. The molecule has 112 valence electrons. The van der Waals surface area contributed by atoms with E-state index in [1.165, 1.54) is 17.1 Å². The van der Waals surface area contributed by atoms with Crippen LogP contribution in [0.1, 0.15) is 0 Å². The lowest BCUT2D eigenvalue weighted by Crippen LogP contribution is -2.41. The summed E-state index contributed by atoms with van der Waals surface area (Å²) in [6, 6.07) is 0. The Bertz CT molecular complexity index is 679. The lowest BCUT2D eigenvalue weighted by molar-refractivity contribution is -0.130. The Morgan fingerprint density at radius 2 is 1.90 bits per heavy atom. The number of ether oxygens (including phenoxy) is 1. The summed E-state index contributed by atoms with van der Waals surface area (Å²) < 4.78 is 37.6. The molecule has 0 radical (unpaired) electrons. The largest absolute Gasteiger partial charge is 0.456 e. The van der Waals surface area contributed by atoms with Gasteiger partial charge in [-0.05, 0) is 24.3 Å². The van der Waals surface area contributed by atoms with Gasteiger partial charge >= 0.3 is 11.6 Å². The van der Waals surface area contributed by atoms with Crippen molar-refractivity contribution in [3.63, 3.8) is 0 Å². The van der Waals surface area contributed by atoms with Crippen molar-refractivity contribution in [2.45, 2.75) is 0 Å². The van der Waals surface area contributed by atoms with E-state index in [4.69, 9.17) is 14.7 Å². The van der Waals surface area contributed by atoms with Gasteiger partial charge in [-0.1, -0.05) is 0 Å². The van der Waals surface area contributed by atoms with Crippen LogP contribution in [0.25, 0.3) is 4.98 Å². The molecule has 0 aromatic rings. The van der Waals surface area contributed by atoms with E-state index >= 15 is 0 Å². The first-order valence-electron chi connectivity index (χ1n) is 6.09. The molecule has 7 nitrogen and oxygen atoms in total. The second-order valence-electron chi connectivity index (χ2n) is 4.34. The summed E-state index contributed by atoms with van der Waals surface area (Å²) in [5.41, 5.74) is 0.00754. The molecular weight excluding hydrogens is 301 g/mol. The summed E-state index contributed by atoms with van der Waals surface area (Å²) in [5, 5.41) is 9.04. The van der Waals surface area contributed by atoms with Crippen molar-refractivity contribution >= 4 is 21.0 Å². The predicted molar refractivity (Wildman–Crippen MR) is 74.7 cm³/mol. The van der Waals surface area contributed by atoms with Crippen molar-refractivity contribution in [1.29, 1.82) is 5.39 Å². The number of morpholine rings is 1. The molecule has 1 N–H and O–H groups in total. The number of carbonyl (C=O) groups is 1. The molecule has 0 spiro atoms. The van der Waals surface area contributed by atoms with Crippen LogP contribution in [0.2, 0.25) is 0 Å². The molecule has 1 saturated heterocycles. The smallest absolute Gasteiger partial charge is 0.378 e. The molecule has 1 amide bonds. The number of rotatable bonds is 1. The first kappa shape index (κ1) is 15.4.